The van der Waals surface area contributed by atoms with Crippen molar-refractivity contribution in [2.24, 2.45) is 5.73 Å². The highest BCUT2D eigenvalue weighted by molar-refractivity contribution is 7.99. The van der Waals surface area contributed by atoms with E-state index in [1.165, 1.54) is 11.8 Å². The molecule has 0 bridgehead atoms. The Balaban J connectivity index is 2.01. The van der Waals surface area contributed by atoms with Crippen LogP contribution >= 0.6 is 23.4 Å². The number of thioether (sulfide) groups is 1. The maximum Gasteiger partial charge on any atom is 0.218 e. The molecule has 2 aromatic rings. The average Bonchev–Trinajstić information content (AvgIpc) is 2.78. The molecule has 1 aromatic carbocycles. The van der Waals surface area contributed by atoms with Gasteiger partial charge in [-0.1, -0.05) is 23.4 Å². The summed E-state index contributed by atoms with van der Waals surface area (Å²) in [6.07, 6.45) is 0.315. The van der Waals surface area contributed by atoms with Crippen LogP contribution in [0.25, 0.3) is 11.4 Å². The number of nitrogens with one attached hydrogen (secondary N) is 1. The highest BCUT2D eigenvalue weighted by Crippen LogP contribution is 2.21. The Bertz CT molecular complexity index is 540. The van der Waals surface area contributed by atoms with Crippen molar-refractivity contribution in [1.82, 2.24) is 15.2 Å². The van der Waals surface area contributed by atoms with Crippen LogP contribution in [-0.2, 0) is 4.79 Å². The van der Waals surface area contributed by atoms with Crippen LogP contribution in [-0.4, -0.2) is 26.8 Å². The van der Waals surface area contributed by atoms with Crippen LogP contribution in [0.5, 0.6) is 0 Å². The van der Waals surface area contributed by atoms with Crippen LogP contribution in [0.15, 0.2) is 29.4 Å². The Morgan fingerprint density at radius 3 is 2.78 bits per heavy atom. The van der Waals surface area contributed by atoms with Gasteiger partial charge in [0, 0.05) is 22.8 Å². The molecule has 18 heavy (non-hydrogen) atoms. The van der Waals surface area contributed by atoms with E-state index in [1.54, 1.807) is 12.1 Å². The van der Waals surface area contributed by atoms with E-state index in [-0.39, 0.29) is 5.91 Å². The molecular weight excluding hydrogens is 272 g/mol. The number of amides is 1. The van der Waals surface area contributed by atoms with Gasteiger partial charge in [-0.15, -0.1) is 5.10 Å². The van der Waals surface area contributed by atoms with Crippen LogP contribution in [0, 0.1) is 0 Å². The van der Waals surface area contributed by atoms with E-state index in [4.69, 9.17) is 17.3 Å². The summed E-state index contributed by atoms with van der Waals surface area (Å²) >= 11 is 7.20. The van der Waals surface area contributed by atoms with Gasteiger partial charge in [0.05, 0.1) is 0 Å². The summed E-state index contributed by atoms with van der Waals surface area (Å²) in [5, 5.41) is 8.17. The smallest absolute Gasteiger partial charge is 0.218 e. The van der Waals surface area contributed by atoms with Crippen LogP contribution in [0.2, 0.25) is 5.02 Å². The number of H-pyrrole nitrogens is 1. The third-order valence-electron chi connectivity index (χ3n) is 2.16. The molecule has 1 heterocycles. The number of hydrogen-bond donors (Lipinski definition) is 2. The lowest BCUT2D eigenvalue weighted by Gasteiger charge is -1.95. The van der Waals surface area contributed by atoms with Crippen molar-refractivity contribution in [2.75, 3.05) is 5.75 Å². The van der Waals surface area contributed by atoms with Crippen molar-refractivity contribution in [3.63, 3.8) is 0 Å². The van der Waals surface area contributed by atoms with Gasteiger partial charge in [0.1, 0.15) is 0 Å². The Morgan fingerprint density at radius 1 is 1.39 bits per heavy atom. The number of carbonyl (C=O) groups excluding carboxylic acids is 1. The number of nitrogens with two attached hydrogens (primary N) is 1. The summed E-state index contributed by atoms with van der Waals surface area (Å²) in [7, 11) is 0. The van der Waals surface area contributed by atoms with Crippen molar-refractivity contribution in [3.05, 3.63) is 29.3 Å². The van der Waals surface area contributed by atoms with E-state index >= 15 is 0 Å². The van der Waals surface area contributed by atoms with Crippen LogP contribution < -0.4 is 5.73 Å². The van der Waals surface area contributed by atoms with Gasteiger partial charge in [0.15, 0.2) is 5.82 Å². The molecule has 3 N–H and O–H groups in total. The zero-order valence-electron chi connectivity index (χ0n) is 9.39. The summed E-state index contributed by atoms with van der Waals surface area (Å²) in [4.78, 5) is 14.9. The van der Waals surface area contributed by atoms with Gasteiger partial charge in [-0.3, -0.25) is 9.89 Å². The van der Waals surface area contributed by atoms with Gasteiger partial charge in [-0.05, 0) is 24.3 Å². The minimum atomic E-state index is -0.323. The molecule has 0 saturated heterocycles. The number of aromatic nitrogens is 3. The minimum absolute atomic E-state index is 0.315. The van der Waals surface area contributed by atoms with Gasteiger partial charge < -0.3 is 5.73 Å². The van der Waals surface area contributed by atoms with Gasteiger partial charge in [-0.2, -0.15) is 0 Å². The number of nitrogens with zero attached hydrogens (tertiary/aromatic N) is 2. The van der Waals surface area contributed by atoms with Gasteiger partial charge in [0.2, 0.25) is 11.1 Å². The molecule has 0 saturated carbocycles. The first-order valence-corrected chi connectivity index (χ1v) is 6.61. The van der Waals surface area contributed by atoms with Gasteiger partial charge in [0.25, 0.3) is 0 Å². The number of halogens is 1. The maximum absolute atomic E-state index is 10.6. The lowest BCUT2D eigenvalue weighted by molar-refractivity contribution is -0.117. The maximum atomic E-state index is 10.6. The molecule has 0 aliphatic carbocycles. The molecular formula is C11H11ClN4OS. The average molecular weight is 283 g/mol. The standard InChI is InChI=1S/C11H11ClN4OS/c12-8-3-1-7(2-4-8)10-14-11(16-15-10)18-6-5-9(13)17/h1-4H,5-6H2,(H2,13,17)(H,14,15,16). The molecule has 0 unspecified atom stereocenters. The first-order valence-electron chi connectivity index (χ1n) is 5.24. The molecule has 0 radical (unpaired) electrons. The minimum Gasteiger partial charge on any atom is -0.370 e. The summed E-state index contributed by atoms with van der Waals surface area (Å²) < 4.78 is 0. The molecule has 0 spiro atoms. The normalized spacial score (nSPS) is 10.5. The lowest BCUT2D eigenvalue weighted by atomic mass is 10.2. The fraction of sp³-hybridized carbons (Fsp3) is 0.182. The van der Waals surface area contributed by atoms with E-state index < -0.39 is 0 Å². The molecule has 0 aliphatic heterocycles. The van der Waals surface area contributed by atoms with Crippen molar-refractivity contribution >= 4 is 29.3 Å². The fourth-order valence-corrected chi connectivity index (χ4v) is 2.17. The third kappa shape index (κ3) is 3.48. The molecule has 1 aromatic heterocycles. The third-order valence-corrected chi connectivity index (χ3v) is 3.26. The second kappa shape index (κ2) is 5.88. The van der Waals surface area contributed by atoms with Crippen LogP contribution in [0.4, 0.5) is 0 Å². The Hall–Kier alpha value is -1.53. The largest absolute Gasteiger partial charge is 0.370 e. The first kappa shape index (κ1) is 12.9. The number of carbonyl (C=O) groups is 1. The first-order chi connectivity index (χ1) is 8.65. The van der Waals surface area contributed by atoms with Crippen molar-refractivity contribution < 1.29 is 4.79 Å². The molecule has 1 amide bonds. The number of benzene rings is 1. The topological polar surface area (TPSA) is 84.7 Å². The van der Waals surface area contributed by atoms with E-state index in [0.29, 0.717) is 28.2 Å². The molecule has 0 aliphatic rings. The number of aromatic amines is 1. The van der Waals surface area contributed by atoms with Crippen LogP contribution in [0.1, 0.15) is 6.42 Å². The SMILES string of the molecule is NC(=O)CCSc1n[nH]c(-c2ccc(Cl)cc2)n1. The number of rotatable bonds is 5. The summed E-state index contributed by atoms with van der Waals surface area (Å²) in [5.41, 5.74) is 5.96. The van der Waals surface area contributed by atoms with E-state index in [2.05, 4.69) is 15.2 Å². The molecule has 0 atom stereocenters. The van der Waals surface area contributed by atoms with Crippen LogP contribution in [0.3, 0.4) is 0 Å². The zero-order chi connectivity index (χ0) is 13.0. The van der Waals surface area contributed by atoms with Crippen molar-refractivity contribution in [2.45, 2.75) is 11.6 Å². The zero-order valence-corrected chi connectivity index (χ0v) is 11.0. The summed E-state index contributed by atoms with van der Waals surface area (Å²) in [6, 6.07) is 7.31. The Kier molecular flexibility index (Phi) is 4.22. The highest BCUT2D eigenvalue weighted by Gasteiger charge is 2.06. The van der Waals surface area contributed by atoms with E-state index in [0.717, 1.165) is 5.56 Å². The quantitative estimate of drug-likeness (QED) is 0.823. The second-order valence-corrected chi connectivity index (χ2v) is 5.04. The predicted molar refractivity (Wildman–Crippen MR) is 71.4 cm³/mol. The Morgan fingerprint density at radius 2 is 2.11 bits per heavy atom. The molecule has 0 fully saturated rings. The monoisotopic (exact) mass is 282 g/mol. The summed E-state index contributed by atoms with van der Waals surface area (Å²) in [6.45, 7) is 0. The van der Waals surface area contributed by atoms with E-state index in [9.17, 15) is 4.79 Å². The molecule has 5 nitrogen and oxygen atoms in total. The molecule has 94 valence electrons. The molecule has 2 rings (SSSR count). The number of hydrogen-bond acceptors (Lipinski definition) is 4. The fourth-order valence-electron chi connectivity index (χ4n) is 1.29. The summed E-state index contributed by atoms with van der Waals surface area (Å²) in [5.74, 6) is 0.928. The van der Waals surface area contributed by atoms with Gasteiger partial charge >= 0.3 is 0 Å². The van der Waals surface area contributed by atoms with E-state index in [1.807, 2.05) is 12.1 Å². The number of primary amides is 1. The lowest BCUT2D eigenvalue weighted by Crippen LogP contribution is -2.10. The molecule has 7 heteroatoms. The van der Waals surface area contributed by atoms with Crippen molar-refractivity contribution in [1.29, 1.82) is 0 Å². The second-order valence-electron chi connectivity index (χ2n) is 3.54. The highest BCUT2D eigenvalue weighted by atomic mass is 35.5. The van der Waals surface area contributed by atoms with Crippen molar-refractivity contribution in [3.8, 4) is 11.4 Å². The predicted octanol–water partition coefficient (Wildman–Crippen LogP) is 2.09. The Labute approximate surface area is 113 Å². The van der Waals surface area contributed by atoms with Gasteiger partial charge in [-0.25, -0.2) is 4.98 Å².